The molecule has 2 aromatic carbocycles. The van der Waals surface area contributed by atoms with Crippen molar-refractivity contribution in [1.29, 1.82) is 0 Å². The monoisotopic (exact) mass is 247 g/mol. The van der Waals surface area contributed by atoms with Crippen LogP contribution in [-0.2, 0) is 0 Å². The van der Waals surface area contributed by atoms with Crippen LogP contribution < -0.4 is 10.5 Å². The van der Waals surface area contributed by atoms with Gasteiger partial charge in [0, 0.05) is 0 Å². The minimum absolute atomic E-state index is 0.193. The predicted octanol–water partition coefficient (Wildman–Crippen LogP) is 3.23. The van der Waals surface area contributed by atoms with Gasteiger partial charge in [-0.05, 0) is 24.3 Å². The van der Waals surface area contributed by atoms with Crippen molar-refractivity contribution in [3.63, 3.8) is 0 Å². The minimum atomic E-state index is -0.610. The van der Waals surface area contributed by atoms with E-state index in [2.05, 4.69) is 0 Å². The highest BCUT2D eigenvalue weighted by atomic mass is 35.5. The van der Waals surface area contributed by atoms with E-state index < -0.39 is 5.91 Å². The van der Waals surface area contributed by atoms with E-state index in [4.69, 9.17) is 22.1 Å². The van der Waals surface area contributed by atoms with Gasteiger partial charge in [0.25, 0.3) is 5.91 Å². The molecule has 2 N–H and O–H groups in total. The SMILES string of the molecule is NC(=O)c1c(Cl)cccc1Oc1ccccc1. The topological polar surface area (TPSA) is 52.3 Å². The first-order valence-corrected chi connectivity index (χ1v) is 5.37. The van der Waals surface area contributed by atoms with Gasteiger partial charge in [-0.2, -0.15) is 0 Å². The molecule has 0 spiro atoms. The van der Waals surface area contributed by atoms with Crippen LogP contribution in [0.5, 0.6) is 11.5 Å². The van der Waals surface area contributed by atoms with Crippen LogP contribution in [0.15, 0.2) is 48.5 Å². The molecule has 2 rings (SSSR count). The lowest BCUT2D eigenvalue weighted by atomic mass is 10.2. The van der Waals surface area contributed by atoms with E-state index in [9.17, 15) is 4.79 Å². The first kappa shape index (κ1) is 11.5. The Balaban J connectivity index is 2.40. The van der Waals surface area contributed by atoms with Gasteiger partial charge >= 0.3 is 0 Å². The number of nitrogens with two attached hydrogens (primary N) is 1. The summed E-state index contributed by atoms with van der Waals surface area (Å²) in [5.74, 6) is 0.370. The molecule has 3 nitrogen and oxygen atoms in total. The van der Waals surface area contributed by atoms with Gasteiger partial charge in [0.1, 0.15) is 17.1 Å². The number of rotatable bonds is 3. The van der Waals surface area contributed by atoms with Crippen molar-refractivity contribution >= 4 is 17.5 Å². The fourth-order valence-electron chi connectivity index (χ4n) is 1.44. The molecule has 17 heavy (non-hydrogen) atoms. The highest BCUT2D eigenvalue weighted by Gasteiger charge is 2.14. The molecular weight excluding hydrogens is 238 g/mol. The van der Waals surface area contributed by atoms with E-state index in [0.717, 1.165) is 0 Å². The van der Waals surface area contributed by atoms with Crippen LogP contribution in [0.4, 0.5) is 0 Å². The third kappa shape index (κ3) is 2.57. The van der Waals surface area contributed by atoms with Gasteiger partial charge in [-0.3, -0.25) is 4.79 Å². The van der Waals surface area contributed by atoms with Gasteiger partial charge in [0.2, 0.25) is 0 Å². The van der Waals surface area contributed by atoms with Gasteiger partial charge in [0.05, 0.1) is 5.02 Å². The Hall–Kier alpha value is -2.00. The summed E-state index contributed by atoms with van der Waals surface area (Å²) in [7, 11) is 0. The Bertz CT molecular complexity index is 540. The molecule has 0 aliphatic carbocycles. The van der Waals surface area contributed by atoms with Crippen LogP contribution in [0.3, 0.4) is 0 Å². The minimum Gasteiger partial charge on any atom is -0.456 e. The molecule has 0 aliphatic heterocycles. The summed E-state index contributed by atoms with van der Waals surface area (Å²) >= 11 is 5.91. The number of primary amides is 1. The number of para-hydroxylation sites is 1. The second-order valence-electron chi connectivity index (χ2n) is 3.39. The number of amides is 1. The van der Waals surface area contributed by atoms with Gasteiger partial charge in [-0.15, -0.1) is 0 Å². The standard InChI is InChI=1S/C13H10ClNO2/c14-10-7-4-8-11(12(10)13(15)16)17-9-5-2-1-3-6-9/h1-8H,(H2,15,16). The highest BCUT2D eigenvalue weighted by Crippen LogP contribution is 2.29. The van der Waals surface area contributed by atoms with E-state index in [1.165, 1.54) is 0 Å². The lowest BCUT2D eigenvalue weighted by molar-refractivity contribution is 0.0998. The Labute approximate surface area is 104 Å². The maximum absolute atomic E-state index is 11.3. The van der Waals surface area contributed by atoms with E-state index in [1.807, 2.05) is 18.2 Å². The first-order chi connectivity index (χ1) is 8.18. The average Bonchev–Trinajstić information content (AvgIpc) is 2.30. The van der Waals surface area contributed by atoms with Crippen molar-refractivity contribution in [2.75, 3.05) is 0 Å². The first-order valence-electron chi connectivity index (χ1n) is 4.99. The molecule has 86 valence electrons. The number of benzene rings is 2. The van der Waals surface area contributed by atoms with Crippen LogP contribution in [0.1, 0.15) is 10.4 Å². The number of halogens is 1. The summed E-state index contributed by atoms with van der Waals surface area (Å²) in [6, 6.07) is 14.1. The van der Waals surface area contributed by atoms with Crippen LogP contribution in [0.2, 0.25) is 5.02 Å². The summed E-state index contributed by atoms with van der Waals surface area (Å²) in [5, 5.41) is 0.283. The molecule has 0 aromatic heterocycles. The normalized spacial score (nSPS) is 9.94. The lowest BCUT2D eigenvalue weighted by Crippen LogP contribution is -2.12. The Morgan fingerprint density at radius 1 is 1.06 bits per heavy atom. The van der Waals surface area contributed by atoms with Gasteiger partial charge in [-0.25, -0.2) is 0 Å². The largest absolute Gasteiger partial charge is 0.456 e. The summed E-state index contributed by atoms with van der Waals surface area (Å²) in [5.41, 5.74) is 5.46. The molecule has 0 unspecified atom stereocenters. The van der Waals surface area contributed by atoms with Gasteiger partial charge in [-0.1, -0.05) is 35.9 Å². The molecule has 0 fully saturated rings. The summed E-state index contributed by atoms with van der Waals surface area (Å²) < 4.78 is 5.57. The van der Waals surface area contributed by atoms with Crippen molar-refractivity contribution in [2.45, 2.75) is 0 Å². The quantitative estimate of drug-likeness (QED) is 0.905. The van der Waals surface area contributed by atoms with Crippen molar-refractivity contribution in [2.24, 2.45) is 5.73 Å². The van der Waals surface area contributed by atoms with Crippen molar-refractivity contribution in [1.82, 2.24) is 0 Å². The smallest absolute Gasteiger partial charge is 0.254 e. The number of hydrogen-bond acceptors (Lipinski definition) is 2. The molecule has 0 aliphatic rings. The molecule has 4 heteroatoms. The van der Waals surface area contributed by atoms with E-state index >= 15 is 0 Å². The van der Waals surface area contributed by atoms with Crippen LogP contribution in [0, 0.1) is 0 Å². The van der Waals surface area contributed by atoms with E-state index in [1.54, 1.807) is 30.3 Å². The predicted molar refractivity (Wildman–Crippen MR) is 66.5 cm³/mol. The van der Waals surface area contributed by atoms with Crippen LogP contribution in [-0.4, -0.2) is 5.91 Å². The van der Waals surface area contributed by atoms with Crippen LogP contribution >= 0.6 is 11.6 Å². The number of ether oxygens (including phenoxy) is 1. The number of carbonyl (C=O) groups is 1. The Kier molecular flexibility index (Phi) is 3.30. The summed E-state index contributed by atoms with van der Waals surface area (Å²) in [4.78, 5) is 11.3. The second-order valence-corrected chi connectivity index (χ2v) is 3.80. The molecule has 0 saturated heterocycles. The zero-order valence-corrected chi connectivity index (χ0v) is 9.65. The number of carbonyl (C=O) groups excluding carboxylic acids is 1. The van der Waals surface area contributed by atoms with Crippen LogP contribution in [0.25, 0.3) is 0 Å². The fraction of sp³-hybridized carbons (Fsp3) is 0. The fourth-order valence-corrected chi connectivity index (χ4v) is 1.70. The summed E-state index contributed by atoms with van der Waals surface area (Å²) in [6.07, 6.45) is 0. The molecular formula is C13H10ClNO2. The lowest BCUT2D eigenvalue weighted by Gasteiger charge is -2.09. The zero-order chi connectivity index (χ0) is 12.3. The average molecular weight is 248 g/mol. The zero-order valence-electron chi connectivity index (χ0n) is 8.89. The highest BCUT2D eigenvalue weighted by molar-refractivity contribution is 6.34. The molecule has 0 bridgehead atoms. The molecule has 0 radical (unpaired) electrons. The third-order valence-corrected chi connectivity index (χ3v) is 2.51. The molecule has 2 aromatic rings. The summed E-state index contributed by atoms with van der Waals surface area (Å²) in [6.45, 7) is 0. The Morgan fingerprint density at radius 2 is 1.76 bits per heavy atom. The third-order valence-electron chi connectivity index (χ3n) is 2.19. The van der Waals surface area contributed by atoms with Crippen molar-refractivity contribution < 1.29 is 9.53 Å². The van der Waals surface area contributed by atoms with Gasteiger partial charge in [0.15, 0.2) is 0 Å². The van der Waals surface area contributed by atoms with E-state index in [-0.39, 0.29) is 10.6 Å². The van der Waals surface area contributed by atoms with Crippen molar-refractivity contribution in [3.05, 3.63) is 59.1 Å². The molecule has 0 saturated carbocycles. The molecule has 0 heterocycles. The maximum Gasteiger partial charge on any atom is 0.254 e. The number of hydrogen-bond donors (Lipinski definition) is 1. The molecule has 1 amide bonds. The molecule has 0 atom stereocenters. The second kappa shape index (κ2) is 4.89. The van der Waals surface area contributed by atoms with Gasteiger partial charge < -0.3 is 10.5 Å². The van der Waals surface area contributed by atoms with E-state index in [0.29, 0.717) is 11.5 Å². The Morgan fingerprint density at radius 3 is 2.41 bits per heavy atom. The van der Waals surface area contributed by atoms with Crippen molar-refractivity contribution in [3.8, 4) is 11.5 Å². The maximum atomic E-state index is 11.3.